The number of benzene rings is 2. The molecule has 0 atom stereocenters. The van der Waals surface area contributed by atoms with Gasteiger partial charge >= 0.3 is 0 Å². The molecule has 0 radical (unpaired) electrons. The summed E-state index contributed by atoms with van der Waals surface area (Å²) < 4.78 is 37.8. The van der Waals surface area contributed by atoms with Gasteiger partial charge in [-0.05, 0) is 24.3 Å². The highest BCUT2D eigenvalue weighted by Crippen LogP contribution is 2.29. The van der Waals surface area contributed by atoms with Crippen LogP contribution in [-0.4, -0.2) is 19.5 Å². The Hall–Kier alpha value is -1.95. The molecule has 2 N–H and O–H groups in total. The van der Waals surface area contributed by atoms with E-state index in [2.05, 4.69) is 0 Å². The molecule has 0 aliphatic rings. The molecule has 112 valence electrons. The lowest BCUT2D eigenvalue weighted by atomic mass is 10.3. The standard InChI is InChI=1S/C15H15F2NO2S/c1-19-13-4-2-3-5-14(13)20-6-7-21-15-11(16)8-10(18)9-12(15)17/h2-5,8-9H,6-7,18H2,1H3. The molecule has 0 spiro atoms. The Morgan fingerprint density at radius 1 is 1.10 bits per heavy atom. The topological polar surface area (TPSA) is 44.5 Å². The summed E-state index contributed by atoms with van der Waals surface area (Å²) in [7, 11) is 1.55. The summed E-state index contributed by atoms with van der Waals surface area (Å²) in [5, 5.41) is 0. The maximum atomic E-state index is 13.6. The van der Waals surface area contributed by atoms with Crippen LogP contribution in [0.3, 0.4) is 0 Å². The summed E-state index contributed by atoms with van der Waals surface area (Å²) in [6.07, 6.45) is 0. The van der Waals surface area contributed by atoms with E-state index in [4.69, 9.17) is 15.2 Å². The maximum absolute atomic E-state index is 13.6. The molecule has 2 aromatic carbocycles. The zero-order valence-corrected chi connectivity index (χ0v) is 12.3. The largest absolute Gasteiger partial charge is 0.493 e. The van der Waals surface area contributed by atoms with Crippen molar-refractivity contribution < 1.29 is 18.3 Å². The highest BCUT2D eigenvalue weighted by Gasteiger charge is 2.11. The van der Waals surface area contributed by atoms with E-state index in [1.54, 1.807) is 19.2 Å². The lowest BCUT2D eigenvalue weighted by molar-refractivity contribution is 0.313. The summed E-state index contributed by atoms with van der Waals surface area (Å²) in [5.41, 5.74) is 5.43. The molecule has 0 heterocycles. The number of nitrogen functional groups attached to an aromatic ring is 1. The first-order valence-corrected chi connectivity index (χ1v) is 7.23. The van der Waals surface area contributed by atoms with Gasteiger partial charge in [0.25, 0.3) is 0 Å². The smallest absolute Gasteiger partial charge is 0.161 e. The number of hydrogen-bond donors (Lipinski definition) is 1. The zero-order chi connectivity index (χ0) is 15.2. The Bertz CT molecular complexity index is 599. The first-order chi connectivity index (χ1) is 10.1. The van der Waals surface area contributed by atoms with Crippen molar-refractivity contribution in [1.29, 1.82) is 0 Å². The average molecular weight is 311 g/mol. The van der Waals surface area contributed by atoms with E-state index in [9.17, 15) is 8.78 Å². The van der Waals surface area contributed by atoms with Crippen LogP contribution >= 0.6 is 11.8 Å². The van der Waals surface area contributed by atoms with Gasteiger partial charge in [0.05, 0.1) is 18.6 Å². The lowest BCUT2D eigenvalue weighted by Gasteiger charge is -2.10. The van der Waals surface area contributed by atoms with Crippen LogP contribution in [0, 0.1) is 11.6 Å². The van der Waals surface area contributed by atoms with E-state index in [0.717, 1.165) is 23.9 Å². The van der Waals surface area contributed by atoms with E-state index in [1.165, 1.54) is 0 Å². The number of rotatable bonds is 6. The van der Waals surface area contributed by atoms with Crippen molar-refractivity contribution in [2.75, 3.05) is 25.2 Å². The predicted molar refractivity (Wildman–Crippen MR) is 80.0 cm³/mol. The third-order valence-corrected chi connectivity index (χ3v) is 3.73. The number of halogens is 2. The fourth-order valence-corrected chi connectivity index (χ4v) is 2.52. The number of nitrogens with two attached hydrogens (primary N) is 1. The van der Waals surface area contributed by atoms with Crippen LogP contribution in [0.25, 0.3) is 0 Å². The van der Waals surface area contributed by atoms with Crippen LogP contribution in [0.5, 0.6) is 11.5 Å². The van der Waals surface area contributed by atoms with Crippen LogP contribution in [0.4, 0.5) is 14.5 Å². The fraction of sp³-hybridized carbons (Fsp3) is 0.200. The number of anilines is 1. The van der Waals surface area contributed by atoms with Crippen LogP contribution < -0.4 is 15.2 Å². The van der Waals surface area contributed by atoms with Gasteiger partial charge in [-0.25, -0.2) is 8.78 Å². The number of methoxy groups -OCH3 is 1. The minimum absolute atomic E-state index is 0.0483. The molecule has 0 unspecified atom stereocenters. The average Bonchev–Trinajstić information content (AvgIpc) is 2.45. The van der Waals surface area contributed by atoms with Crippen molar-refractivity contribution >= 4 is 17.4 Å². The Labute approximate surface area is 126 Å². The van der Waals surface area contributed by atoms with Gasteiger partial charge in [-0.15, -0.1) is 11.8 Å². The molecular weight excluding hydrogens is 296 g/mol. The number of para-hydroxylation sites is 2. The van der Waals surface area contributed by atoms with Crippen molar-refractivity contribution in [2.45, 2.75) is 4.90 Å². The first kappa shape index (κ1) is 15.4. The molecule has 2 rings (SSSR count). The van der Waals surface area contributed by atoms with Crippen LogP contribution in [0.2, 0.25) is 0 Å². The Balaban J connectivity index is 1.91. The summed E-state index contributed by atoms with van der Waals surface area (Å²) >= 11 is 1.04. The quantitative estimate of drug-likeness (QED) is 0.501. The van der Waals surface area contributed by atoms with E-state index in [0.29, 0.717) is 23.9 Å². The van der Waals surface area contributed by atoms with Gasteiger partial charge in [0.15, 0.2) is 11.5 Å². The Morgan fingerprint density at radius 3 is 2.33 bits per heavy atom. The second kappa shape index (κ2) is 7.17. The molecule has 0 saturated heterocycles. The molecule has 21 heavy (non-hydrogen) atoms. The SMILES string of the molecule is COc1ccccc1OCCSc1c(F)cc(N)cc1F. The summed E-state index contributed by atoms with van der Waals surface area (Å²) in [4.78, 5) is -0.0483. The highest BCUT2D eigenvalue weighted by molar-refractivity contribution is 7.99. The van der Waals surface area contributed by atoms with Gasteiger partial charge in [0.1, 0.15) is 11.6 Å². The van der Waals surface area contributed by atoms with E-state index in [1.807, 2.05) is 12.1 Å². The molecule has 0 amide bonds. The van der Waals surface area contributed by atoms with Crippen molar-refractivity contribution in [2.24, 2.45) is 0 Å². The fourth-order valence-electron chi connectivity index (χ4n) is 1.75. The maximum Gasteiger partial charge on any atom is 0.161 e. The van der Waals surface area contributed by atoms with E-state index in [-0.39, 0.29) is 10.6 Å². The van der Waals surface area contributed by atoms with Crippen molar-refractivity contribution in [3.63, 3.8) is 0 Å². The molecule has 2 aromatic rings. The minimum Gasteiger partial charge on any atom is -0.493 e. The minimum atomic E-state index is -0.658. The molecule has 0 fully saturated rings. The molecule has 0 aliphatic heterocycles. The number of thioether (sulfide) groups is 1. The third-order valence-electron chi connectivity index (χ3n) is 2.68. The number of ether oxygens (including phenoxy) is 2. The summed E-state index contributed by atoms with van der Waals surface area (Å²) in [5.74, 6) is 0.297. The zero-order valence-electron chi connectivity index (χ0n) is 11.4. The second-order valence-corrected chi connectivity index (χ2v) is 5.27. The third kappa shape index (κ3) is 4.01. The van der Waals surface area contributed by atoms with Crippen LogP contribution in [0.1, 0.15) is 0 Å². The Morgan fingerprint density at radius 2 is 1.71 bits per heavy atom. The molecule has 0 aliphatic carbocycles. The molecular formula is C15H15F2NO2S. The summed E-state index contributed by atoms with van der Waals surface area (Å²) in [6.45, 7) is 0.300. The number of hydrogen-bond acceptors (Lipinski definition) is 4. The van der Waals surface area contributed by atoms with Gasteiger partial charge in [-0.2, -0.15) is 0 Å². The van der Waals surface area contributed by atoms with E-state index >= 15 is 0 Å². The van der Waals surface area contributed by atoms with Crippen LogP contribution in [0.15, 0.2) is 41.3 Å². The van der Waals surface area contributed by atoms with Gasteiger partial charge in [0, 0.05) is 11.4 Å². The predicted octanol–water partition coefficient (Wildman–Crippen LogP) is 3.73. The van der Waals surface area contributed by atoms with Gasteiger partial charge in [-0.3, -0.25) is 0 Å². The van der Waals surface area contributed by atoms with Gasteiger partial charge in [-0.1, -0.05) is 12.1 Å². The molecule has 3 nitrogen and oxygen atoms in total. The van der Waals surface area contributed by atoms with Gasteiger partial charge < -0.3 is 15.2 Å². The second-order valence-electron chi connectivity index (χ2n) is 4.16. The molecule has 6 heteroatoms. The van der Waals surface area contributed by atoms with Crippen LogP contribution in [-0.2, 0) is 0 Å². The van der Waals surface area contributed by atoms with Crippen molar-refractivity contribution in [3.05, 3.63) is 48.0 Å². The molecule has 0 bridgehead atoms. The van der Waals surface area contributed by atoms with E-state index < -0.39 is 11.6 Å². The lowest BCUT2D eigenvalue weighted by Crippen LogP contribution is -2.02. The summed E-state index contributed by atoms with van der Waals surface area (Å²) in [6, 6.07) is 9.42. The first-order valence-electron chi connectivity index (χ1n) is 6.25. The Kier molecular flexibility index (Phi) is 5.27. The molecule has 0 saturated carbocycles. The molecule has 0 aromatic heterocycles. The van der Waals surface area contributed by atoms with Crippen molar-refractivity contribution in [3.8, 4) is 11.5 Å². The normalized spacial score (nSPS) is 10.4. The highest BCUT2D eigenvalue weighted by atomic mass is 32.2. The van der Waals surface area contributed by atoms with Gasteiger partial charge in [0.2, 0.25) is 0 Å². The van der Waals surface area contributed by atoms with Crippen molar-refractivity contribution in [1.82, 2.24) is 0 Å². The monoisotopic (exact) mass is 311 g/mol.